The van der Waals surface area contributed by atoms with Gasteiger partial charge in [-0.3, -0.25) is 0 Å². The van der Waals surface area contributed by atoms with E-state index in [1.54, 1.807) is 12.1 Å². The van der Waals surface area contributed by atoms with Crippen molar-refractivity contribution in [3.05, 3.63) is 29.8 Å². The molecule has 1 atom stereocenters. The van der Waals surface area contributed by atoms with E-state index in [4.69, 9.17) is 0 Å². The molecular weight excluding hydrogens is 272 g/mol. The third kappa shape index (κ3) is 5.23. The number of sulfonamides is 1. The van der Waals surface area contributed by atoms with Crippen molar-refractivity contribution in [2.24, 2.45) is 0 Å². The van der Waals surface area contributed by atoms with Crippen LogP contribution in [0.4, 0.5) is 0 Å². The van der Waals surface area contributed by atoms with Crippen LogP contribution in [0.2, 0.25) is 0 Å². The van der Waals surface area contributed by atoms with Gasteiger partial charge < -0.3 is 4.90 Å². The first kappa shape index (κ1) is 17.1. The Bertz CT molecular complexity index is 495. The summed E-state index contributed by atoms with van der Waals surface area (Å²) in [5.41, 5.74) is 1.18. The van der Waals surface area contributed by atoms with Gasteiger partial charge in [0.15, 0.2) is 0 Å². The highest BCUT2D eigenvalue weighted by Gasteiger charge is 2.14. The average Bonchev–Trinajstić information content (AvgIpc) is 2.43. The van der Waals surface area contributed by atoms with Crippen LogP contribution in [-0.4, -0.2) is 35.6 Å². The largest absolute Gasteiger partial charge is 0.340 e. The van der Waals surface area contributed by atoms with E-state index >= 15 is 0 Å². The molecule has 4 nitrogen and oxygen atoms in total. The highest BCUT2D eigenvalue weighted by Crippen LogP contribution is 2.20. The molecule has 20 heavy (non-hydrogen) atoms. The standard InChI is InChI=1S/C15H26N2O2S/c1-5-13(2)14-7-9-15(10-8-14)20(18,19)16-11-6-12-17(3)4/h7-10,13,16H,5-6,11-12H2,1-4H3/p+1/t13-/m0/s1. The van der Waals surface area contributed by atoms with Gasteiger partial charge in [0.2, 0.25) is 10.0 Å². The molecule has 0 aliphatic carbocycles. The van der Waals surface area contributed by atoms with Gasteiger partial charge in [-0.2, -0.15) is 0 Å². The molecule has 1 rings (SSSR count). The fraction of sp³-hybridized carbons (Fsp3) is 0.600. The lowest BCUT2D eigenvalue weighted by atomic mass is 9.99. The molecule has 0 saturated heterocycles. The lowest BCUT2D eigenvalue weighted by Gasteiger charge is -2.11. The van der Waals surface area contributed by atoms with Gasteiger partial charge in [0.25, 0.3) is 0 Å². The predicted octanol–water partition coefficient (Wildman–Crippen LogP) is 1.01. The first-order valence-corrected chi connectivity index (χ1v) is 8.73. The Morgan fingerprint density at radius 3 is 2.30 bits per heavy atom. The second-order valence-electron chi connectivity index (χ2n) is 5.59. The summed E-state index contributed by atoms with van der Waals surface area (Å²) >= 11 is 0. The number of benzene rings is 1. The molecule has 1 aromatic carbocycles. The second-order valence-corrected chi connectivity index (χ2v) is 7.35. The van der Waals surface area contributed by atoms with Crippen LogP contribution in [0.1, 0.15) is 38.2 Å². The normalized spacial score (nSPS) is 13.7. The van der Waals surface area contributed by atoms with Gasteiger partial charge >= 0.3 is 0 Å². The zero-order valence-electron chi connectivity index (χ0n) is 12.9. The zero-order chi connectivity index (χ0) is 15.2. The van der Waals surface area contributed by atoms with E-state index in [9.17, 15) is 8.42 Å². The topological polar surface area (TPSA) is 50.6 Å². The van der Waals surface area contributed by atoms with Crippen molar-refractivity contribution in [1.82, 2.24) is 4.72 Å². The molecular formula is C15H27N2O2S+. The van der Waals surface area contributed by atoms with Crippen LogP contribution >= 0.6 is 0 Å². The Morgan fingerprint density at radius 1 is 1.20 bits per heavy atom. The molecule has 0 aromatic heterocycles. The Labute approximate surface area is 123 Å². The minimum atomic E-state index is -3.37. The number of hydrogen-bond acceptors (Lipinski definition) is 2. The van der Waals surface area contributed by atoms with E-state index in [-0.39, 0.29) is 0 Å². The average molecular weight is 299 g/mol. The molecule has 5 heteroatoms. The van der Waals surface area contributed by atoms with Gasteiger partial charge in [0, 0.05) is 13.0 Å². The van der Waals surface area contributed by atoms with Crippen LogP contribution in [0.3, 0.4) is 0 Å². The van der Waals surface area contributed by atoms with Gasteiger partial charge in [-0.05, 0) is 30.0 Å². The van der Waals surface area contributed by atoms with Crippen molar-refractivity contribution in [1.29, 1.82) is 0 Å². The summed E-state index contributed by atoms with van der Waals surface area (Å²) in [6.45, 7) is 5.71. The molecule has 0 aliphatic heterocycles. The van der Waals surface area contributed by atoms with Crippen LogP contribution in [-0.2, 0) is 10.0 Å². The van der Waals surface area contributed by atoms with E-state index in [1.165, 1.54) is 10.5 Å². The second kappa shape index (κ2) is 7.76. The number of nitrogens with one attached hydrogen (secondary N) is 2. The minimum Gasteiger partial charge on any atom is -0.340 e. The summed E-state index contributed by atoms with van der Waals surface area (Å²) in [5, 5.41) is 0. The monoisotopic (exact) mass is 299 g/mol. The lowest BCUT2D eigenvalue weighted by molar-refractivity contribution is -0.858. The van der Waals surface area contributed by atoms with Crippen molar-refractivity contribution >= 4 is 10.0 Å². The first-order valence-electron chi connectivity index (χ1n) is 7.25. The van der Waals surface area contributed by atoms with Crippen LogP contribution in [0.15, 0.2) is 29.2 Å². The van der Waals surface area contributed by atoms with E-state index in [2.05, 4.69) is 32.7 Å². The maximum absolute atomic E-state index is 12.1. The third-order valence-corrected chi connectivity index (χ3v) is 4.99. The van der Waals surface area contributed by atoms with Crippen molar-refractivity contribution in [2.45, 2.75) is 37.5 Å². The summed E-state index contributed by atoms with van der Waals surface area (Å²) in [6.07, 6.45) is 1.89. The molecule has 0 heterocycles. The molecule has 0 bridgehead atoms. The Hall–Kier alpha value is -0.910. The number of rotatable bonds is 8. The molecule has 0 radical (unpaired) electrons. The van der Waals surface area contributed by atoms with Gasteiger partial charge in [-0.1, -0.05) is 26.0 Å². The summed E-state index contributed by atoms with van der Waals surface area (Å²) in [6, 6.07) is 7.21. The molecule has 0 saturated carbocycles. The first-order chi connectivity index (χ1) is 9.36. The van der Waals surface area contributed by atoms with Crippen molar-refractivity contribution in [2.75, 3.05) is 27.2 Å². The van der Waals surface area contributed by atoms with E-state index < -0.39 is 10.0 Å². The molecule has 0 spiro atoms. The van der Waals surface area contributed by atoms with E-state index in [0.717, 1.165) is 19.4 Å². The predicted molar refractivity (Wildman–Crippen MR) is 82.6 cm³/mol. The zero-order valence-corrected chi connectivity index (χ0v) is 13.8. The molecule has 1 aromatic rings. The highest BCUT2D eigenvalue weighted by atomic mass is 32.2. The van der Waals surface area contributed by atoms with Gasteiger partial charge in [0.05, 0.1) is 25.5 Å². The quantitative estimate of drug-likeness (QED) is 0.704. The third-order valence-electron chi connectivity index (χ3n) is 3.52. The summed E-state index contributed by atoms with van der Waals surface area (Å²) in [4.78, 5) is 1.67. The number of hydrogen-bond donors (Lipinski definition) is 2. The van der Waals surface area contributed by atoms with Crippen molar-refractivity contribution in [3.63, 3.8) is 0 Å². The fourth-order valence-corrected chi connectivity index (χ4v) is 3.02. The van der Waals surface area contributed by atoms with Crippen LogP contribution in [0.5, 0.6) is 0 Å². The Balaban J connectivity index is 2.63. The summed E-state index contributed by atoms with van der Waals surface area (Å²) < 4.78 is 26.9. The maximum Gasteiger partial charge on any atom is 0.240 e. The van der Waals surface area contributed by atoms with Crippen LogP contribution in [0, 0.1) is 0 Å². The van der Waals surface area contributed by atoms with Crippen LogP contribution in [0.25, 0.3) is 0 Å². The molecule has 114 valence electrons. The van der Waals surface area contributed by atoms with Crippen LogP contribution < -0.4 is 9.62 Å². The Kier molecular flexibility index (Phi) is 6.65. The lowest BCUT2D eigenvalue weighted by Crippen LogP contribution is -3.05. The van der Waals surface area contributed by atoms with Gasteiger partial charge in [-0.15, -0.1) is 0 Å². The molecule has 2 N–H and O–H groups in total. The SMILES string of the molecule is CC[C@H](C)c1ccc(S(=O)(=O)NCCC[NH+](C)C)cc1. The van der Waals surface area contributed by atoms with Crippen molar-refractivity contribution < 1.29 is 13.3 Å². The highest BCUT2D eigenvalue weighted by molar-refractivity contribution is 7.89. The molecule has 0 amide bonds. The molecule has 0 fully saturated rings. The number of quaternary nitrogens is 1. The van der Waals surface area contributed by atoms with E-state index in [0.29, 0.717) is 17.4 Å². The molecule has 0 unspecified atom stereocenters. The Morgan fingerprint density at radius 2 is 1.80 bits per heavy atom. The summed E-state index contributed by atoms with van der Waals surface area (Å²) in [5.74, 6) is 0.461. The van der Waals surface area contributed by atoms with Gasteiger partial charge in [0.1, 0.15) is 0 Å². The smallest absolute Gasteiger partial charge is 0.240 e. The maximum atomic E-state index is 12.1. The van der Waals surface area contributed by atoms with E-state index in [1.807, 2.05) is 12.1 Å². The van der Waals surface area contributed by atoms with Crippen molar-refractivity contribution in [3.8, 4) is 0 Å². The molecule has 0 aliphatic rings. The summed E-state index contributed by atoms with van der Waals surface area (Å²) in [7, 11) is 0.749. The fourth-order valence-electron chi connectivity index (χ4n) is 1.94. The van der Waals surface area contributed by atoms with Gasteiger partial charge in [-0.25, -0.2) is 13.1 Å². The minimum absolute atomic E-state index is 0.349.